The second-order valence-corrected chi connectivity index (χ2v) is 6.55. The number of pyridine rings is 1. The number of benzene rings is 1. The minimum absolute atomic E-state index is 0.0877. The van der Waals surface area contributed by atoms with Gasteiger partial charge in [0.25, 0.3) is 5.56 Å². The number of halogens is 1. The summed E-state index contributed by atoms with van der Waals surface area (Å²) in [5.41, 5.74) is 1.77. The van der Waals surface area contributed by atoms with Crippen LogP contribution < -0.4 is 15.6 Å². The first kappa shape index (κ1) is 18.6. The molecule has 0 aliphatic carbocycles. The van der Waals surface area contributed by atoms with Gasteiger partial charge in [-0.3, -0.25) is 14.7 Å². The van der Waals surface area contributed by atoms with Crippen LogP contribution in [0.4, 0.5) is 10.1 Å². The zero-order valence-electron chi connectivity index (χ0n) is 15.8. The number of aryl methyl sites for hydroxylation is 1. The number of anilines is 1. The molecule has 0 bridgehead atoms. The van der Waals surface area contributed by atoms with Crippen LogP contribution in [0.1, 0.15) is 17.7 Å². The summed E-state index contributed by atoms with van der Waals surface area (Å²) in [5, 5.41) is 5.87. The first-order valence-electron chi connectivity index (χ1n) is 8.96. The van der Waals surface area contributed by atoms with Crippen molar-refractivity contribution in [2.24, 2.45) is 0 Å². The summed E-state index contributed by atoms with van der Waals surface area (Å²) in [5.74, 6) is -0.267. The third-order valence-corrected chi connectivity index (χ3v) is 4.68. The summed E-state index contributed by atoms with van der Waals surface area (Å²) in [6.45, 7) is 1.68. The molecule has 1 amide bonds. The fraction of sp³-hybridized carbons (Fsp3) is 0.200. The van der Waals surface area contributed by atoms with Gasteiger partial charge in [-0.2, -0.15) is 0 Å². The van der Waals surface area contributed by atoms with E-state index in [1.165, 1.54) is 23.9 Å². The van der Waals surface area contributed by atoms with Crippen LogP contribution in [0.3, 0.4) is 0 Å². The minimum Gasteiger partial charge on any atom is -0.481 e. The van der Waals surface area contributed by atoms with Crippen molar-refractivity contribution in [3.63, 3.8) is 0 Å². The highest BCUT2D eigenvalue weighted by Crippen LogP contribution is 2.21. The first-order valence-corrected chi connectivity index (χ1v) is 8.96. The normalized spacial score (nSPS) is 11.1. The van der Waals surface area contributed by atoms with Gasteiger partial charge in [-0.1, -0.05) is 6.07 Å². The Balaban J connectivity index is 1.57. The van der Waals surface area contributed by atoms with E-state index in [-0.39, 0.29) is 35.3 Å². The summed E-state index contributed by atoms with van der Waals surface area (Å²) in [6, 6.07) is 7.88. The topological polar surface area (TPSA) is 101 Å². The largest absolute Gasteiger partial charge is 0.481 e. The number of rotatable bonds is 5. The SMILES string of the molecule is COc1ccc(NC(=O)CCc2c(C)nc3c4c(F)cccc4[nH]n3c2=O)cn1. The van der Waals surface area contributed by atoms with Gasteiger partial charge in [0.05, 0.1) is 29.9 Å². The molecule has 0 saturated heterocycles. The molecule has 9 heteroatoms. The number of hydrogen-bond donors (Lipinski definition) is 2. The molecule has 4 aromatic rings. The zero-order chi connectivity index (χ0) is 20.5. The van der Waals surface area contributed by atoms with Crippen LogP contribution in [0, 0.1) is 12.7 Å². The molecule has 0 fully saturated rings. The van der Waals surface area contributed by atoms with Crippen LogP contribution in [0.25, 0.3) is 16.6 Å². The van der Waals surface area contributed by atoms with Crippen LogP contribution in [-0.4, -0.2) is 32.6 Å². The lowest BCUT2D eigenvalue weighted by molar-refractivity contribution is -0.116. The lowest BCUT2D eigenvalue weighted by atomic mass is 10.1. The van der Waals surface area contributed by atoms with E-state index in [1.54, 1.807) is 31.2 Å². The number of nitrogens with one attached hydrogen (secondary N) is 2. The third kappa shape index (κ3) is 3.42. The Labute approximate surface area is 164 Å². The van der Waals surface area contributed by atoms with Crippen LogP contribution in [-0.2, 0) is 11.2 Å². The summed E-state index contributed by atoms with van der Waals surface area (Å²) in [7, 11) is 1.51. The van der Waals surface area contributed by atoms with E-state index >= 15 is 0 Å². The monoisotopic (exact) mass is 395 g/mol. The van der Waals surface area contributed by atoms with Gasteiger partial charge in [0, 0.05) is 23.7 Å². The van der Waals surface area contributed by atoms with Crippen molar-refractivity contribution in [3.8, 4) is 5.88 Å². The lowest BCUT2D eigenvalue weighted by Gasteiger charge is -2.07. The molecule has 0 unspecified atom stereocenters. The quantitative estimate of drug-likeness (QED) is 0.541. The average molecular weight is 395 g/mol. The van der Waals surface area contributed by atoms with Crippen molar-refractivity contribution in [2.75, 3.05) is 12.4 Å². The van der Waals surface area contributed by atoms with Crippen LogP contribution in [0.5, 0.6) is 5.88 Å². The maximum Gasteiger partial charge on any atom is 0.276 e. The molecule has 0 atom stereocenters. The highest BCUT2D eigenvalue weighted by atomic mass is 19.1. The van der Waals surface area contributed by atoms with Crippen LogP contribution in [0.2, 0.25) is 0 Å². The van der Waals surface area contributed by atoms with Gasteiger partial charge in [-0.25, -0.2) is 18.9 Å². The van der Waals surface area contributed by atoms with Gasteiger partial charge in [0.1, 0.15) is 5.82 Å². The van der Waals surface area contributed by atoms with Gasteiger partial charge >= 0.3 is 0 Å². The number of fused-ring (bicyclic) bond motifs is 3. The molecule has 148 valence electrons. The Morgan fingerprint density at radius 1 is 1.31 bits per heavy atom. The summed E-state index contributed by atoms with van der Waals surface area (Å²) < 4.78 is 20.4. The molecular formula is C20H18FN5O3. The molecule has 2 N–H and O–H groups in total. The molecule has 4 rings (SSSR count). The predicted molar refractivity (Wildman–Crippen MR) is 106 cm³/mol. The smallest absolute Gasteiger partial charge is 0.276 e. The summed E-state index contributed by atoms with van der Waals surface area (Å²) >= 11 is 0. The Morgan fingerprint density at radius 2 is 2.14 bits per heavy atom. The fourth-order valence-corrected chi connectivity index (χ4v) is 3.22. The Hall–Kier alpha value is -3.75. The van der Waals surface area contributed by atoms with Gasteiger partial charge in [0.2, 0.25) is 11.8 Å². The van der Waals surface area contributed by atoms with Crippen LogP contribution >= 0.6 is 0 Å². The van der Waals surface area contributed by atoms with E-state index in [4.69, 9.17) is 4.74 Å². The van der Waals surface area contributed by atoms with Crippen LogP contribution in [0.15, 0.2) is 41.3 Å². The zero-order valence-corrected chi connectivity index (χ0v) is 15.8. The van der Waals surface area contributed by atoms with E-state index in [2.05, 4.69) is 20.4 Å². The first-order chi connectivity index (χ1) is 14.0. The molecule has 0 aliphatic rings. The molecule has 3 aromatic heterocycles. The fourth-order valence-electron chi connectivity index (χ4n) is 3.22. The molecule has 3 heterocycles. The number of nitrogens with zero attached hydrogens (tertiary/aromatic N) is 3. The molecular weight excluding hydrogens is 377 g/mol. The molecule has 8 nitrogen and oxygen atoms in total. The average Bonchev–Trinajstić information content (AvgIpc) is 3.08. The second-order valence-electron chi connectivity index (χ2n) is 6.55. The summed E-state index contributed by atoms with van der Waals surface area (Å²) in [4.78, 5) is 33.6. The van der Waals surface area contributed by atoms with Crippen molar-refractivity contribution < 1.29 is 13.9 Å². The molecule has 29 heavy (non-hydrogen) atoms. The van der Waals surface area contributed by atoms with E-state index in [1.807, 2.05) is 0 Å². The standard InChI is InChI=1S/C20H18FN5O3/c1-11-13(7-8-16(27)24-12-6-9-17(29-2)22-10-12)20(28)26-19(23-11)18-14(21)4-3-5-15(18)25-26/h3-6,9-10,25H,7-8H2,1-2H3,(H,24,27). The predicted octanol–water partition coefficient (Wildman–Crippen LogP) is 2.60. The van der Waals surface area contributed by atoms with E-state index in [0.717, 1.165) is 0 Å². The molecule has 0 radical (unpaired) electrons. The number of H-pyrrole nitrogens is 1. The highest BCUT2D eigenvalue weighted by Gasteiger charge is 2.17. The van der Waals surface area contributed by atoms with Crippen molar-refractivity contribution in [2.45, 2.75) is 19.8 Å². The van der Waals surface area contributed by atoms with Gasteiger partial charge in [-0.15, -0.1) is 0 Å². The Kier molecular flexibility index (Phi) is 4.71. The third-order valence-electron chi connectivity index (χ3n) is 4.68. The number of aromatic nitrogens is 4. The van der Waals surface area contributed by atoms with Crippen molar-refractivity contribution in [3.05, 3.63) is 64.0 Å². The number of ether oxygens (including phenoxy) is 1. The maximum absolute atomic E-state index is 14.2. The molecule has 1 aromatic carbocycles. The van der Waals surface area contributed by atoms with E-state index < -0.39 is 5.82 Å². The highest BCUT2D eigenvalue weighted by molar-refractivity contribution is 5.93. The number of hydrogen-bond acceptors (Lipinski definition) is 5. The minimum atomic E-state index is -0.451. The summed E-state index contributed by atoms with van der Waals surface area (Å²) in [6.07, 6.45) is 1.78. The van der Waals surface area contributed by atoms with Gasteiger partial charge < -0.3 is 10.1 Å². The van der Waals surface area contributed by atoms with E-state index in [9.17, 15) is 14.0 Å². The molecule has 0 saturated carbocycles. The molecule has 0 aliphatic heterocycles. The molecule has 0 spiro atoms. The number of aromatic amines is 1. The number of amides is 1. The number of carbonyl (C=O) groups excluding carboxylic acids is 1. The van der Waals surface area contributed by atoms with Gasteiger partial charge in [-0.05, 0) is 31.5 Å². The number of carbonyl (C=O) groups is 1. The van der Waals surface area contributed by atoms with Crippen molar-refractivity contribution in [1.82, 2.24) is 19.6 Å². The van der Waals surface area contributed by atoms with Gasteiger partial charge in [0.15, 0.2) is 5.65 Å². The number of methoxy groups -OCH3 is 1. The maximum atomic E-state index is 14.2. The van der Waals surface area contributed by atoms with E-state index in [0.29, 0.717) is 28.3 Å². The van der Waals surface area contributed by atoms with Crippen molar-refractivity contribution in [1.29, 1.82) is 0 Å². The Bertz CT molecular complexity index is 1280. The Morgan fingerprint density at radius 3 is 2.86 bits per heavy atom. The second kappa shape index (κ2) is 7.34. The van der Waals surface area contributed by atoms with Crippen molar-refractivity contribution >= 4 is 28.1 Å². The lowest BCUT2D eigenvalue weighted by Crippen LogP contribution is -2.23.